The second-order valence-electron chi connectivity index (χ2n) is 8.61. The minimum atomic E-state index is -0.226. The van der Waals surface area contributed by atoms with Gasteiger partial charge in [0.25, 0.3) is 0 Å². The first-order valence-corrected chi connectivity index (χ1v) is 11.3. The number of pyridine rings is 1. The summed E-state index contributed by atoms with van der Waals surface area (Å²) in [4.78, 5) is 20.0. The number of fused-ring (bicyclic) bond motifs is 1. The Bertz CT molecular complexity index is 1070. The van der Waals surface area contributed by atoms with E-state index >= 15 is 0 Å². The minimum Gasteiger partial charge on any atom is -0.459 e. The molecule has 5 rings (SSSR count). The van der Waals surface area contributed by atoms with Crippen LogP contribution in [0.3, 0.4) is 0 Å². The molecule has 2 aliphatic rings. The molecule has 7 heteroatoms. The molecule has 0 amide bonds. The number of aliphatic hydroxyl groups excluding tert-OH is 1. The third kappa shape index (κ3) is 4.24. The van der Waals surface area contributed by atoms with Crippen LogP contribution in [0.1, 0.15) is 29.3 Å². The predicted octanol–water partition coefficient (Wildman–Crippen LogP) is 3.87. The molecular weight excluding hydrogens is 404 g/mol. The van der Waals surface area contributed by atoms with E-state index < -0.39 is 0 Å². The predicted molar refractivity (Wildman–Crippen MR) is 123 cm³/mol. The van der Waals surface area contributed by atoms with Gasteiger partial charge >= 0.3 is 0 Å². The molecule has 32 heavy (non-hydrogen) atoms. The van der Waals surface area contributed by atoms with Crippen LogP contribution in [0.5, 0.6) is 0 Å². The van der Waals surface area contributed by atoms with E-state index in [0.29, 0.717) is 0 Å². The average Bonchev–Trinajstić information content (AvgIpc) is 3.44. The van der Waals surface area contributed by atoms with Crippen LogP contribution in [-0.2, 0) is 13.0 Å². The van der Waals surface area contributed by atoms with Gasteiger partial charge in [0, 0.05) is 56.2 Å². The van der Waals surface area contributed by atoms with Gasteiger partial charge in [-0.3, -0.25) is 14.8 Å². The van der Waals surface area contributed by atoms with Crippen molar-refractivity contribution in [2.45, 2.75) is 25.4 Å². The van der Waals surface area contributed by atoms with Gasteiger partial charge in [-0.1, -0.05) is 17.3 Å². The number of hydrogen-bond acceptors (Lipinski definition) is 7. The van der Waals surface area contributed by atoms with Gasteiger partial charge in [0.05, 0.1) is 13.2 Å². The van der Waals surface area contributed by atoms with Gasteiger partial charge in [-0.05, 0) is 53.8 Å². The molecule has 3 heterocycles. The Morgan fingerprint density at radius 2 is 1.81 bits per heavy atom. The number of furan rings is 1. The summed E-state index contributed by atoms with van der Waals surface area (Å²) >= 11 is 0. The maximum Gasteiger partial charge on any atom is 0.142 e. The Balaban J connectivity index is 1.43. The van der Waals surface area contributed by atoms with Crippen molar-refractivity contribution in [2.75, 3.05) is 39.3 Å². The van der Waals surface area contributed by atoms with E-state index in [1.807, 2.05) is 24.3 Å². The van der Waals surface area contributed by atoms with Crippen LogP contribution in [0, 0.1) is 4.91 Å². The summed E-state index contributed by atoms with van der Waals surface area (Å²) in [5.41, 5.74) is 5.39. The Hall–Kier alpha value is -2.87. The number of nitrogens with zero attached hydrogens (tertiary/aromatic N) is 4. The van der Waals surface area contributed by atoms with E-state index in [0.717, 1.165) is 85.9 Å². The molecule has 1 aliphatic carbocycles. The molecule has 0 radical (unpaired) electrons. The number of rotatable bonds is 7. The number of aromatic nitrogens is 1. The number of aliphatic hydroxyl groups is 1. The topological polar surface area (TPSA) is 82.2 Å². The first-order chi connectivity index (χ1) is 15.7. The zero-order chi connectivity index (χ0) is 21.9. The van der Waals surface area contributed by atoms with Gasteiger partial charge in [0.1, 0.15) is 17.6 Å². The van der Waals surface area contributed by atoms with Gasteiger partial charge in [-0.15, -0.1) is 0 Å². The van der Waals surface area contributed by atoms with Crippen LogP contribution in [-0.4, -0.2) is 59.2 Å². The molecule has 0 saturated carbocycles. The molecule has 1 saturated heterocycles. The lowest BCUT2D eigenvalue weighted by Crippen LogP contribution is -2.46. The zero-order valence-electron chi connectivity index (χ0n) is 18.1. The Labute approximate surface area is 187 Å². The standard InChI is InChI=1S/C25H28N4O3/c30-14-13-28-9-11-29(12-10-28)17-21-16-23(18-5-7-26-8-6-18)25(32-21)20-1-3-22-19(15-20)2-4-24(22)27-31/h1,3,5-8,15-16,24,30H,2,4,9-14,17H2. The van der Waals surface area contributed by atoms with Gasteiger partial charge < -0.3 is 9.52 Å². The lowest BCUT2D eigenvalue weighted by molar-refractivity contribution is 0.104. The summed E-state index contributed by atoms with van der Waals surface area (Å²) in [6, 6.07) is 12.2. The molecule has 1 atom stereocenters. The molecule has 0 spiro atoms. The monoisotopic (exact) mass is 432 g/mol. The zero-order valence-corrected chi connectivity index (χ0v) is 18.1. The van der Waals surface area contributed by atoms with Crippen molar-refractivity contribution in [3.8, 4) is 22.5 Å². The van der Waals surface area contributed by atoms with E-state index in [9.17, 15) is 4.91 Å². The van der Waals surface area contributed by atoms with Crippen molar-refractivity contribution in [3.05, 3.63) is 70.6 Å². The molecule has 1 N–H and O–H groups in total. The first kappa shape index (κ1) is 21.0. The summed E-state index contributed by atoms with van der Waals surface area (Å²) in [6.07, 6.45) is 5.26. The summed E-state index contributed by atoms with van der Waals surface area (Å²) in [6.45, 7) is 5.54. The SMILES string of the molecule is O=NC1CCc2cc(-c3oc(CN4CCN(CCO)CC4)cc3-c3ccncc3)ccc21. The highest BCUT2D eigenvalue weighted by Crippen LogP contribution is 2.40. The number of hydrogen-bond donors (Lipinski definition) is 1. The van der Waals surface area contributed by atoms with Gasteiger partial charge in [0.2, 0.25) is 0 Å². The Morgan fingerprint density at radius 1 is 1.03 bits per heavy atom. The first-order valence-electron chi connectivity index (χ1n) is 11.3. The average molecular weight is 433 g/mol. The van der Waals surface area contributed by atoms with Crippen molar-refractivity contribution in [2.24, 2.45) is 5.18 Å². The highest BCUT2D eigenvalue weighted by atomic mass is 16.3. The van der Waals surface area contributed by atoms with E-state index in [1.165, 1.54) is 5.56 Å². The van der Waals surface area contributed by atoms with Gasteiger partial charge in [0.15, 0.2) is 0 Å². The largest absolute Gasteiger partial charge is 0.459 e. The van der Waals surface area contributed by atoms with Crippen molar-refractivity contribution >= 4 is 0 Å². The van der Waals surface area contributed by atoms with Crippen LogP contribution < -0.4 is 0 Å². The van der Waals surface area contributed by atoms with Crippen molar-refractivity contribution in [1.82, 2.24) is 14.8 Å². The van der Waals surface area contributed by atoms with Crippen LogP contribution in [0.25, 0.3) is 22.5 Å². The highest BCUT2D eigenvalue weighted by Gasteiger charge is 2.25. The molecule has 166 valence electrons. The molecule has 1 unspecified atom stereocenters. The maximum absolute atomic E-state index is 11.1. The molecule has 1 fully saturated rings. The Morgan fingerprint density at radius 3 is 2.56 bits per heavy atom. The third-order valence-corrected chi connectivity index (χ3v) is 6.61. The van der Waals surface area contributed by atoms with Crippen molar-refractivity contribution < 1.29 is 9.52 Å². The quantitative estimate of drug-likeness (QED) is 0.571. The van der Waals surface area contributed by atoms with Gasteiger partial charge in [-0.2, -0.15) is 4.91 Å². The molecule has 7 nitrogen and oxygen atoms in total. The smallest absolute Gasteiger partial charge is 0.142 e. The molecule has 1 aliphatic heterocycles. The van der Waals surface area contributed by atoms with Crippen molar-refractivity contribution in [1.29, 1.82) is 0 Å². The molecule has 1 aromatic carbocycles. The minimum absolute atomic E-state index is 0.210. The second-order valence-corrected chi connectivity index (χ2v) is 8.61. The lowest BCUT2D eigenvalue weighted by atomic mass is 9.99. The van der Waals surface area contributed by atoms with Gasteiger partial charge in [-0.25, -0.2) is 0 Å². The Kier molecular flexibility index (Phi) is 6.12. The summed E-state index contributed by atoms with van der Waals surface area (Å²) in [5, 5.41) is 12.4. The van der Waals surface area contributed by atoms with E-state index in [4.69, 9.17) is 9.52 Å². The number of benzene rings is 1. The van der Waals surface area contributed by atoms with E-state index in [2.05, 4.69) is 32.1 Å². The number of piperazine rings is 1. The second kappa shape index (κ2) is 9.32. The lowest BCUT2D eigenvalue weighted by Gasteiger charge is -2.33. The molecular formula is C25H28N4O3. The molecule has 3 aromatic rings. The number of aryl methyl sites for hydroxylation is 1. The fourth-order valence-corrected chi connectivity index (χ4v) is 4.86. The third-order valence-electron chi connectivity index (χ3n) is 6.61. The van der Waals surface area contributed by atoms with Crippen LogP contribution >= 0.6 is 0 Å². The summed E-state index contributed by atoms with van der Waals surface area (Å²) in [7, 11) is 0. The van der Waals surface area contributed by atoms with Crippen molar-refractivity contribution in [3.63, 3.8) is 0 Å². The summed E-state index contributed by atoms with van der Waals surface area (Å²) < 4.78 is 6.44. The van der Waals surface area contributed by atoms with Crippen LogP contribution in [0.2, 0.25) is 0 Å². The highest BCUT2D eigenvalue weighted by molar-refractivity contribution is 5.80. The van der Waals surface area contributed by atoms with Crippen LogP contribution in [0.4, 0.5) is 0 Å². The number of β-amino-alcohol motifs (C(OH)–C–C–N with tert-alkyl or cyclic N) is 1. The van der Waals surface area contributed by atoms with Crippen LogP contribution in [0.15, 0.2) is 58.4 Å². The maximum atomic E-state index is 11.1. The van der Waals surface area contributed by atoms with E-state index in [1.54, 1.807) is 12.4 Å². The fourth-order valence-electron chi connectivity index (χ4n) is 4.86. The fraction of sp³-hybridized carbons (Fsp3) is 0.400. The molecule has 2 aromatic heterocycles. The summed E-state index contributed by atoms with van der Waals surface area (Å²) in [5.74, 6) is 1.80. The van der Waals surface area contributed by atoms with E-state index in [-0.39, 0.29) is 12.6 Å². The normalized spacial score (nSPS) is 19.2. The molecule has 0 bridgehead atoms. The number of nitroso groups, excluding NO2 is 1.